The molecule has 3 heteroatoms. The molecule has 0 spiro atoms. The molecule has 0 amide bonds. The summed E-state index contributed by atoms with van der Waals surface area (Å²) in [5.41, 5.74) is 0. The predicted molar refractivity (Wildman–Crippen MR) is 32.2 cm³/mol. The van der Waals surface area contributed by atoms with E-state index in [0.29, 0.717) is 0 Å². The van der Waals surface area contributed by atoms with E-state index in [2.05, 4.69) is 0 Å². The molecule has 1 fully saturated rings. The molecule has 1 rings (SSSR count). The summed E-state index contributed by atoms with van der Waals surface area (Å²) in [6, 6.07) is 0. The van der Waals surface area contributed by atoms with Crippen LogP contribution in [-0.2, 0) is 0 Å². The Morgan fingerprint density at radius 1 is 1.62 bits per heavy atom. The summed E-state index contributed by atoms with van der Waals surface area (Å²) < 4.78 is 0. The van der Waals surface area contributed by atoms with Crippen LogP contribution in [0.15, 0.2) is 0 Å². The molecule has 0 heterocycles. The van der Waals surface area contributed by atoms with E-state index in [1.54, 1.807) is 0 Å². The maximum Gasteiger partial charge on any atom is 0.133 e. The lowest BCUT2D eigenvalue weighted by atomic mass is 9.96. The quantitative estimate of drug-likeness (QED) is 0.531. The smallest absolute Gasteiger partial charge is 0.133 e. The fourth-order valence-corrected chi connectivity index (χ4v) is 1.34. The van der Waals surface area contributed by atoms with Gasteiger partial charge in [0.1, 0.15) is 5.40 Å². The van der Waals surface area contributed by atoms with Crippen molar-refractivity contribution in [3.63, 3.8) is 0 Å². The van der Waals surface area contributed by atoms with Crippen molar-refractivity contribution >= 4 is 11.8 Å². The molecular formula is C5H7NOS. The average Bonchev–Trinajstić information content (AvgIpc) is 1.79. The number of aliphatic hydroxyl groups excluding tert-OH is 1. The van der Waals surface area contributed by atoms with Crippen LogP contribution < -0.4 is 0 Å². The van der Waals surface area contributed by atoms with Gasteiger partial charge in [0.25, 0.3) is 0 Å². The Balaban J connectivity index is 2.19. The number of thiocyanates is 1. The van der Waals surface area contributed by atoms with Crippen molar-refractivity contribution in [2.24, 2.45) is 0 Å². The summed E-state index contributed by atoms with van der Waals surface area (Å²) in [5.74, 6) is 0. The lowest BCUT2D eigenvalue weighted by molar-refractivity contribution is 0.104. The number of nitriles is 1. The molecule has 0 aromatic heterocycles. The summed E-state index contributed by atoms with van der Waals surface area (Å²) in [6.45, 7) is 0. The fourth-order valence-electron chi connectivity index (χ4n) is 0.657. The zero-order valence-corrected chi connectivity index (χ0v) is 5.19. The van der Waals surface area contributed by atoms with Crippen LogP contribution in [0.2, 0.25) is 0 Å². The minimum Gasteiger partial charge on any atom is -0.392 e. The Bertz CT molecular complexity index is 120. The number of hydrogen-bond acceptors (Lipinski definition) is 3. The number of hydrogen-bond donors (Lipinski definition) is 1. The highest BCUT2D eigenvalue weighted by Gasteiger charge is 2.28. The summed E-state index contributed by atoms with van der Waals surface area (Å²) in [5, 5.41) is 19.2. The van der Waals surface area contributed by atoms with Gasteiger partial charge >= 0.3 is 0 Å². The molecule has 0 radical (unpaired) electrons. The van der Waals surface area contributed by atoms with E-state index in [1.165, 1.54) is 11.8 Å². The van der Waals surface area contributed by atoms with Gasteiger partial charge in [-0.05, 0) is 24.6 Å². The molecule has 1 aliphatic carbocycles. The lowest BCUT2D eigenvalue weighted by Gasteiger charge is -2.28. The first kappa shape index (κ1) is 5.93. The van der Waals surface area contributed by atoms with Gasteiger partial charge in [-0.1, -0.05) is 0 Å². The van der Waals surface area contributed by atoms with E-state index in [4.69, 9.17) is 10.4 Å². The summed E-state index contributed by atoms with van der Waals surface area (Å²) in [6.07, 6.45) is 1.67. The van der Waals surface area contributed by atoms with Crippen LogP contribution in [0.25, 0.3) is 0 Å². The lowest BCUT2D eigenvalue weighted by Crippen LogP contribution is -2.33. The van der Waals surface area contributed by atoms with Crippen molar-refractivity contribution in [3.8, 4) is 5.40 Å². The van der Waals surface area contributed by atoms with Crippen molar-refractivity contribution in [2.75, 3.05) is 0 Å². The Morgan fingerprint density at radius 3 is 2.50 bits per heavy atom. The first-order chi connectivity index (χ1) is 3.84. The first-order valence-corrected chi connectivity index (χ1v) is 3.45. The molecule has 0 aliphatic heterocycles. The van der Waals surface area contributed by atoms with Gasteiger partial charge in [-0.15, -0.1) is 0 Å². The molecule has 44 valence electrons. The van der Waals surface area contributed by atoms with Crippen molar-refractivity contribution < 1.29 is 5.11 Å². The molecule has 8 heavy (non-hydrogen) atoms. The molecule has 0 bridgehead atoms. The van der Waals surface area contributed by atoms with Gasteiger partial charge in [-0.25, -0.2) is 0 Å². The summed E-state index contributed by atoms with van der Waals surface area (Å²) >= 11 is 1.18. The van der Waals surface area contributed by atoms with E-state index in [9.17, 15) is 0 Å². The summed E-state index contributed by atoms with van der Waals surface area (Å²) in [4.78, 5) is 0. The van der Waals surface area contributed by atoms with Crippen LogP contribution in [0, 0.1) is 10.7 Å². The second-order valence-electron chi connectivity index (χ2n) is 1.89. The van der Waals surface area contributed by atoms with Crippen LogP contribution in [0.1, 0.15) is 12.8 Å². The van der Waals surface area contributed by atoms with Gasteiger partial charge in [0, 0.05) is 5.25 Å². The van der Waals surface area contributed by atoms with Gasteiger partial charge in [-0.2, -0.15) is 5.26 Å². The van der Waals surface area contributed by atoms with E-state index < -0.39 is 0 Å². The van der Waals surface area contributed by atoms with E-state index >= 15 is 0 Å². The third kappa shape index (κ3) is 0.960. The van der Waals surface area contributed by atoms with Crippen molar-refractivity contribution in [1.82, 2.24) is 0 Å². The Labute approximate surface area is 52.5 Å². The van der Waals surface area contributed by atoms with Crippen LogP contribution in [0.4, 0.5) is 0 Å². The Morgan fingerprint density at radius 2 is 2.38 bits per heavy atom. The first-order valence-electron chi connectivity index (χ1n) is 2.57. The minimum atomic E-state index is -0.209. The van der Waals surface area contributed by atoms with Crippen LogP contribution in [-0.4, -0.2) is 16.5 Å². The number of thioether (sulfide) groups is 1. The van der Waals surface area contributed by atoms with Gasteiger partial charge < -0.3 is 5.11 Å². The minimum absolute atomic E-state index is 0.208. The molecule has 2 nitrogen and oxygen atoms in total. The predicted octanol–water partition coefficient (Wildman–Crippen LogP) is 0.724. The van der Waals surface area contributed by atoms with Gasteiger partial charge in [0.15, 0.2) is 0 Å². The van der Waals surface area contributed by atoms with Gasteiger partial charge in [0.05, 0.1) is 6.10 Å². The van der Waals surface area contributed by atoms with Crippen LogP contribution >= 0.6 is 11.8 Å². The molecule has 1 aliphatic rings. The maximum absolute atomic E-state index is 8.87. The monoisotopic (exact) mass is 129 g/mol. The standard InChI is InChI=1S/C5H7NOS/c6-3-8-5-2-1-4(5)7/h4-5,7H,1-2H2/t4-,5-/m1/s1. The van der Waals surface area contributed by atoms with E-state index in [-0.39, 0.29) is 11.4 Å². The Kier molecular flexibility index (Phi) is 1.77. The van der Waals surface area contributed by atoms with Crippen LogP contribution in [0.3, 0.4) is 0 Å². The molecular weight excluding hydrogens is 122 g/mol. The molecule has 2 atom stereocenters. The Hall–Kier alpha value is -0.200. The third-order valence-corrected chi connectivity index (χ3v) is 2.34. The third-order valence-electron chi connectivity index (χ3n) is 1.38. The molecule has 0 saturated heterocycles. The van der Waals surface area contributed by atoms with E-state index in [1.807, 2.05) is 5.40 Å². The highest BCUT2D eigenvalue weighted by atomic mass is 32.2. The largest absolute Gasteiger partial charge is 0.392 e. The second-order valence-corrected chi connectivity index (χ2v) is 2.92. The topological polar surface area (TPSA) is 44.0 Å². The molecule has 1 N–H and O–H groups in total. The van der Waals surface area contributed by atoms with Gasteiger partial charge in [0.2, 0.25) is 0 Å². The highest BCUT2D eigenvalue weighted by Crippen LogP contribution is 2.30. The van der Waals surface area contributed by atoms with Crippen LogP contribution in [0.5, 0.6) is 0 Å². The van der Waals surface area contributed by atoms with Gasteiger partial charge in [-0.3, -0.25) is 0 Å². The molecule has 1 saturated carbocycles. The highest BCUT2D eigenvalue weighted by molar-refractivity contribution is 8.04. The zero-order valence-electron chi connectivity index (χ0n) is 4.37. The van der Waals surface area contributed by atoms with Crippen molar-refractivity contribution in [1.29, 1.82) is 5.26 Å². The SMILES string of the molecule is N#CS[C@@H]1CC[C@H]1O. The number of aliphatic hydroxyl groups is 1. The number of nitrogens with zero attached hydrogens (tertiary/aromatic N) is 1. The molecule has 0 aromatic carbocycles. The second kappa shape index (κ2) is 2.38. The zero-order chi connectivity index (χ0) is 5.98. The summed E-state index contributed by atoms with van der Waals surface area (Å²) in [7, 11) is 0. The molecule has 0 unspecified atom stereocenters. The normalized spacial score (nSPS) is 35.5. The fraction of sp³-hybridized carbons (Fsp3) is 0.800. The maximum atomic E-state index is 8.87. The van der Waals surface area contributed by atoms with E-state index in [0.717, 1.165) is 12.8 Å². The van der Waals surface area contributed by atoms with Crippen molar-refractivity contribution in [2.45, 2.75) is 24.2 Å². The average molecular weight is 129 g/mol. The van der Waals surface area contributed by atoms with Crippen molar-refractivity contribution in [3.05, 3.63) is 0 Å². The number of rotatable bonds is 1. The molecule has 0 aromatic rings.